The van der Waals surface area contributed by atoms with E-state index >= 15 is 0 Å². The third-order valence-electron chi connectivity index (χ3n) is 2.55. The molecule has 0 fully saturated rings. The molecule has 0 amide bonds. The fourth-order valence-electron chi connectivity index (χ4n) is 1.76. The zero-order valence-electron chi connectivity index (χ0n) is 9.77. The van der Waals surface area contributed by atoms with Crippen molar-refractivity contribution in [3.63, 3.8) is 0 Å². The average Bonchev–Trinajstić information content (AvgIpc) is 2.78. The Morgan fingerprint density at radius 1 is 1.41 bits per heavy atom. The van der Waals surface area contributed by atoms with Gasteiger partial charge in [-0.1, -0.05) is 12.1 Å². The summed E-state index contributed by atoms with van der Waals surface area (Å²) in [5.74, 6) is 1.03. The molecule has 4 heteroatoms. The lowest BCUT2D eigenvalue weighted by molar-refractivity contribution is 0.190. The number of nitrogens with zero attached hydrogens (tertiary/aromatic N) is 2. The monoisotopic (exact) mass is 342 g/mol. The van der Waals surface area contributed by atoms with Gasteiger partial charge in [-0.05, 0) is 41.1 Å². The van der Waals surface area contributed by atoms with Crippen molar-refractivity contribution in [2.75, 3.05) is 13.7 Å². The van der Waals surface area contributed by atoms with Crippen LogP contribution in [0.15, 0.2) is 36.7 Å². The molecule has 90 valence electrons. The normalized spacial score (nSPS) is 10.7. The lowest BCUT2D eigenvalue weighted by Gasteiger charge is -2.07. The van der Waals surface area contributed by atoms with E-state index in [1.54, 1.807) is 7.11 Å². The van der Waals surface area contributed by atoms with Gasteiger partial charge in [-0.15, -0.1) is 0 Å². The van der Waals surface area contributed by atoms with Crippen LogP contribution in [0.2, 0.25) is 0 Å². The molecule has 0 saturated heterocycles. The molecular weight excluding hydrogens is 327 g/mol. The summed E-state index contributed by atoms with van der Waals surface area (Å²) in [6.07, 6.45) is 4.87. The third kappa shape index (κ3) is 3.29. The van der Waals surface area contributed by atoms with E-state index in [-0.39, 0.29) is 0 Å². The maximum absolute atomic E-state index is 5.07. The Morgan fingerprint density at radius 2 is 2.29 bits per heavy atom. The van der Waals surface area contributed by atoms with Crippen LogP contribution in [0.4, 0.5) is 0 Å². The number of aromatic nitrogens is 2. The molecule has 0 N–H and O–H groups in total. The first kappa shape index (κ1) is 12.6. The summed E-state index contributed by atoms with van der Waals surface area (Å²) < 4.78 is 8.47. The van der Waals surface area contributed by atoms with E-state index < -0.39 is 0 Å². The molecule has 0 aliphatic heterocycles. The number of aryl methyl sites for hydroxylation is 1. The Hall–Kier alpha value is -0.880. The van der Waals surface area contributed by atoms with Gasteiger partial charge in [0.25, 0.3) is 0 Å². The molecule has 0 aliphatic carbocycles. The van der Waals surface area contributed by atoms with E-state index in [4.69, 9.17) is 4.74 Å². The van der Waals surface area contributed by atoms with Gasteiger partial charge in [0.2, 0.25) is 0 Å². The maximum atomic E-state index is 5.07. The van der Waals surface area contributed by atoms with Gasteiger partial charge in [-0.2, -0.15) is 0 Å². The minimum atomic E-state index is 0.782. The largest absolute Gasteiger partial charge is 0.385 e. The van der Waals surface area contributed by atoms with Crippen LogP contribution in [-0.2, 0) is 11.3 Å². The van der Waals surface area contributed by atoms with Gasteiger partial charge in [-0.3, -0.25) is 0 Å². The molecule has 0 saturated carbocycles. The second-order valence-electron chi connectivity index (χ2n) is 3.80. The molecule has 17 heavy (non-hydrogen) atoms. The van der Waals surface area contributed by atoms with E-state index in [0.29, 0.717) is 0 Å². The van der Waals surface area contributed by atoms with Crippen LogP contribution in [0.25, 0.3) is 11.4 Å². The van der Waals surface area contributed by atoms with Gasteiger partial charge in [-0.25, -0.2) is 4.98 Å². The van der Waals surface area contributed by atoms with Crippen LogP contribution in [-0.4, -0.2) is 23.3 Å². The molecule has 1 aromatic carbocycles. The van der Waals surface area contributed by atoms with Gasteiger partial charge in [0.05, 0.1) is 0 Å². The number of methoxy groups -OCH3 is 1. The standard InChI is InChI=1S/C13H15IN2O/c1-17-9-3-7-16-8-6-15-13(16)11-4-2-5-12(14)10-11/h2,4-6,8,10H,3,7,9H2,1H3. The van der Waals surface area contributed by atoms with E-state index in [0.717, 1.165) is 25.4 Å². The summed E-state index contributed by atoms with van der Waals surface area (Å²) in [5, 5.41) is 0. The highest BCUT2D eigenvalue weighted by Crippen LogP contribution is 2.19. The predicted molar refractivity (Wildman–Crippen MR) is 76.9 cm³/mol. The van der Waals surface area contributed by atoms with Crippen LogP contribution in [0.5, 0.6) is 0 Å². The third-order valence-corrected chi connectivity index (χ3v) is 3.22. The fraction of sp³-hybridized carbons (Fsp3) is 0.308. The Labute approximate surface area is 115 Å². The second kappa shape index (κ2) is 6.16. The molecule has 3 nitrogen and oxygen atoms in total. The second-order valence-corrected chi connectivity index (χ2v) is 5.05. The Kier molecular flexibility index (Phi) is 4.56. The molecule has 0 bridgehead atoms. The van der Waals surface area contributed by atoms with Crippen molar-refractivity contribution in [2.45, 2.75) is 13.0 Å². The minimum absolute atomic E-state index is 0.782. The van der Waals surface area contributed by atoms with Gasteiger partial charge in [0.15, 0.2) is 0 Å². The lowest BCUT2D eigenvalue weighted by Crippen LogP contribution is -2.02. The van der Waals surface area contributed by atoms with Gasteiger partial charge in [0, 0.05) is 41.8 Å². The topological polar surface area (TPSA) is 27.1 Å². The minimum Gasteiger partial charge on any atom is -0.385 e. The molecule has 1 aromatic heterocycles. The number of halogens is 1. The van der Waals surface area contributed by atoms with Crippen LogP contribution < -0.4 is 0 Å². The summed E-state index contributed by atoms with van der Waals surface area (Å²) in [5.41, 5.74) is 1.17. The van der Waals surface area contributed by atoms with Crippen molar-refractivity contribution in [2.24, 2.45) is 0 Å². The number of benzene rings is 1. The van der Waals surface area contributed by atoms with Crippen LogP contribution in [0.1, 0.15) is 6.42 Å². The van der Waals surface area contributed by atoms with E-state index in [2.05, 4.69) is 56.4 Å². The van der Waals surface area contributed by atoms with Crippen molar-refractivity contribution in [3.05, 3.63) is 40.2 Å². The molecule has 2 aromatic rings. The van der Waals surface area contributed by atoms with E-state index in [1.807, 2.05) is 12.4 Å². The molecular formula is C13H15IN2O. The number of hydrogen-bond donors (Lipinski definition) is 0. The molecule has 1 heterocycles. The SMILES string of the molecule is COCCCn1ccnc1-c1cccc(I)c1. The molecule has 0 unspecified atom stereocenters. The molecule has 2 rings (SSSR count). The zero-order chi connectivity index (χ0) is 12.1. The highest BCUT2D eigenvalue weighted by atomic mass is 127. The average molecular weight is 342 g/mol. The summed E-state index contributed by atoms with van der Waals surface area (Å²) in [7, 11) is 1.73. The van der Waals surface area contributed by atoms with Crippen LogP contribution >= 0.6 is 22.6 Å². The smallest absolute Gasteiger partial charge is 0.139 e. The van der Waals surface area contributed by atoms with Crippen LogP contribution in [0, 0.1) is 3.57 Å². The molecule has 0 spiro atoms. The fourth-order valence-corrected chi connectivity index (χ4v) is 2.30. The summed E-state index contributed by atoms with van der Waals surface area (Å²) in [6, 6.07) is 8.39. The number of hydrogen-bond acceptors (Lipinski definition) is 2. The van der Waals surface area contributed by atoms with Gasteiger partial charge >= 0.3 is 0 Å². The maximum Gasteiger partial charge on any atom is 0.139 e. The number of ether oxygens (including phenoxy) is 1. The van der Waals surface area contributed by atoms with Gasteiger partial charge < -0.3 is 9.30 Å². The quantitative estimate of drug-likeness (QED) is 0.616. The highest BCUT2D eigenvalue weighted by Gasteiger charge is 2.05. The lowest BCUT2D eigenvalue weighted by atomic mass is 10.2. The van der Waals surface area contributed by atoms with Crippen LogP contribution in [0.3, 0.4) is 0 Å². The summed E-state index contributed by atoms with van der Waals surface area (Å²) in [4.78, 5) is 4.43. The first-order chi connectivity index (χ1) is 8.31. The molecule has 0 atom stereocenters. The first-order valence-electron chi connectivity index (χ1n) is 5.57. The van der Waals surface area contributed by atoms with Crippen molar-refractivity contribution in [1.82, 2.24) is 9.55 Å². The first-order valence-corrected chi connectivity index (χ1v) is 6.65. The molecule has 0 aliphatic rings. The van der Waals surface area contributed by atoms with Crippen molar-refractivity contribution >= 4 is 22.6 Å². The van der Waals surface area contributed by atoms with E-state index in [9.17, 15) is 0 Å². The predicted octanol–water partition coefficient (Wildman–Crippen LogP) is 3.19. The van der Waals surface area contributed by atoms with Gasteiger partial charge in [0.1, 0.15) is 5.82 Å². The summed E-state index contributed by atoms with van der Waals surface area (Å²) in [6.45, 7) is 1.72. The summed E-state index contributed by atoms with van der Waals surface area (Å²) >= 11 is 2.32. The van der Waals surface area contributed by atoms with Crippen molar-refractivity contribution in [1.29, 1.82) is 0 Å². The molecule has 0 radical (unpaired) electrons. The highest BCUT2D eigenvalue weighted by molar-refractivity contribution is 14.1. The van der Waals surface area contributed by atoms with E-state index in [1.165, 1.54) is 9.13 Å². The van der Waals surface area contributed by atoms with Crippen molar-refractivity contribution in [3.8, 4) is 11.4 Å². The number of rotatable bonds is 5. The Bertz CT molecular complexity index is 482. The Morgan fingerprint density at radius 3 is 3.06 bits per heavy atom. The zero-order valence-corrected chi connectivity index (χ0v) is 11.9. The number of imidazole rings is 1. The van der Waals surface area contributed by atoms with Crippen molar-refractivity contribution < 1.29 is 4.74 Å². The Balaban J connectivity index is 2.18.